The Balaban J connectivity index is 2.49. The Bertz CT molecular complexity index is 1120. The van der Waals surface area contributed by atoms with E-state index < -0.39 is 16.9 Å². The van der Waals surface area contributed by atoms with Gasteiger partial charge in [0.05, 0.1) is 28.4 Å². The summed E-state index contributed by atoms with van der Waals surface area (Å²) in [7, 11) is 5.19. The minimum absolute atomic E-state index is 0.00347. The fraction of sp³-hybridized carbons (Fsp3) is 0.211. The molecule has 0 unspecified atom stereocenters. The van der Waals surface area contributed by atoms with E-state index in [0.717, 1.165) is 0 Å². The lowest BCUT2D eigenvalue weighted by molar-refractivity contribution is 0.320. The van der Waals surface area contributed by atoms with Crippen LogP contribution in [0.1, 0.15) is 0 Å². The number of phenols is 3. The van der Waals surface area contributed by atoms with Crippen LogP contribution in [0.15, 0.2) is 27.4 Å². The fourth-order valence-electron chi connectivity index (χ4n) is 2.90. The lowest BCUT2D eigenvalue weighted by Gasteiger charge is -2.16. The molecular formula is C19H18O9. The second-order valence-electron chi connectivity index (χ2n) is 5.65. The van der Waals surface area contributed by atoms with Crippen molar-refractivity contribution in [2.75, 3.05) is 28.4 Å². The van der Waals surface area contributed by atoms with Gasteiger partial charge in [-0.25, -0.2) is 0 Å². The first kappa shape index (κ1) is 19.0. The van der Waals surface area contributed by atoms with Crippen molar-refractivity contribution in [3.05, 3.63) is 28.4 Å². The third-order valence-corrected chi connectivity index (χ3v) is 4.21. The number of methoxy groups -OCH3 is 4. The molecular weight excluding hydrogens is 372 g/mol. The van der Waals surface area contributed by atoms with Gasteiger partial charge < -0.3 is 38.7 Å². The van der Waals surface area contributed by atoms with E-state index in [2.05, 4.69) is 0 Å². The quantitative estimate of drug-likeness (QED) is 0.563. The second-order valence-corrected chi connectivity index (χ2v) is 5.65. The number of rotatable bonds is 5. The van der Waals surface area contributed by atoms with E-state index in [1.807, 2.05) is 0 Å². The van der Waals surface area contributed by atoms with Crippen LogP contribution >= 0.6 is 0 Å². The molecule has 0 aliphatic rings. The molecule has 0 bridgehead atoms. The van der Waals surface area contributed by atoms with Crippen LogP contribution in [0.3, 0.4) is 0 Å². The number of aromatic hydroxyl groups is 3. The molecule has 0 aliphatic heterocycles. The third kappa shape index (κ3) is 2.68. The zero-order chi connectivity index (χ0) is 20.6. The van der Waals surface area contributed by atoms with Crippen LogP contribution in [0.25, 0.3) is 22.3 Å². The Morgan fingerprint density at radius 2 is 1.46 bits per heavy atom. The van der Waals surface area contributed by atoms with Crippen molar-refractivity contribution in [2.24, 2.45) is 0 Å². The lowest BCUT2D eigenvalue weighted by Crippen LogP contribution is -2.09. The van der Waals surface area contributed by atoms with E-state index in [1.54, 1.807) is 0 Å². The van der Waals surface area contributed by atoms with E-state index in [4.69, 9.17) is 23.4 Å². The summed E-state index contributed by atoms with van der Waals surface area (Å²) in [5, 5.41) is 30.0. The van der Waals surface area contributed by atoms with Gasteiger partial charge in [-0.2, -0.15) is 0 Å². The summed E-state index contributed by atoms with van der Waals surface area (Å²) in [5.74, 6) is -1.84. The molecule has 3 N–H and O–H groups in total. The third-order valence-electron chi connectivity index (χ3n) is 4.21. The van der Waals surface area contributed by atoms with Crippen molar-refractivity contribution in [2.45, 2.75) is 0 Å². The molecule has 9 nitrogen and oxygen atoms in total. The summed E-state index contributed by atoms with van der Waals surface area (Å²) >= 11 is 0. The molecule has 0 aliphatic carbocycles. The Morgan fingerprint density at radius 1 is 0.821 bits per heavy atom. The van der Waals surface area contributed by atoms with Crippen molar-refractivity contribution < 1.29 is 38.7 Å². The first-order valence-corrected chi connectivity index (χ1v) is 7.97. The van der Waals surface area contributed by atoms with E-state index in [1.165, 1.54) is 46.6 Å². The number of hydrogen-bond donors (Lipinski definition) is 3. The average molecular weight is 390 g/mol. The monoisotopic (exact) mass is 390 g/mol. The average Bonchev–Trinajstić information content (AvgIpc) is 2.70. The van der Waals surface area contributed by atoms with Gasteiger partial charge in [-0.05, 0) is 18.2 Å². The largest absolute Gasteiger partial charge is 0.504 e. The Morgan fingerprint density at radius 3 is 2.04 bits per heavy atom. The molecule has 0 radical (unpaired) electrons. The minimum atomic E-state index is -0.737. The predicted molar refractivity (Wildman–Crippen MR) is 99.1 cm³/mol. The van der Waals surface area contributed by atoms with E-state index in [0.29, 0.717) is 5.56 Å². The highest BCUT2D eigenvalue weighted by Crippen LogP contribution is 2.50. The van der Waals surface area contributed by atoms with E-state index in [-0.39, 0.29) is 45.5 Å². The maximum absolute atomic E-state index is 13.0. The highest BCUT2D eigenvalue weighted by atomic mass is 16.5. The summed E-state index contributed by atoms with van der Waals surface area (Å²) in [6, 6.07) is 4.31. The fourth-order valence-corrected chi connectivity index (χ4v) is 2.90. The molecule has 0 saturated heterocycles. The predicted octanol–water partition coefficient (Wildman–Crippen LogP) is 2.61. The van der Waals surface area contributed by atoms with Gasteiger partial charge in [-0.15, -0.1) is 0 Å². The molecule has 9 heteroatoms. The molecule has 3 rings (SSSR count). The standard InChI is InChI=1S/C19H18O9/c1-24-10-7-8(5-6-9(10)20)15-17(25-2)13(22)11-12(21)14(23)18(26-3)19(27-4)16(11)28-15/h5-7,20-21,23H,1-4H3. The topological polar surface area (TPSA) is 128 Å². The van der Waals surface area contributed by atoms with E-state index in [9.17, 15) is 20.1 Å². The lowest BCUT2D eigenvalue weighted by atomic mass is 10.1. The van der Waals surface area contributed by atoms with Gasteiger partial charge in [0, 0.05) is 5.56 Å². The van der Waals surface area contributed by atoms with E-state index >= 15 is 0 Å². The SMILES string of the molecule is COc1cc(-c2oc3c(OC)c(OC)c(O)c(O)c3c(=O)c2OC)ccc1O. The number of phenolic OH excluding ortho intramolecular Hbond substituents is 3. The number of benzene rings is 2. The number of fused-ring (bicyclic) bond motifs is 1. The molecule has 28 heavy (non-hydrogen) atoms. The van der Waals surface area contributed by atoms with Crippen LogP contribution in [0, 0.1) is 0 Å². The van der Waals surface area contributed by atoms with Crippen LogP contribution < -0.4 is 24.4 Å². The van der Waals surface area contributed by atoms with Crippen LogP contribution in [0.2, 0.25) is 0 Å². The van der Waals surface area contributed by atoms with Crippen LogP contribution in [0.5, 0.6) is 40.2 Å². The maximum Gasteiger partial charge on any atom is 0.239 e. The summed E-state index contributed by atoms with van der Waals surface area (Å²) < 4.78 is 26.4. The molecule has 2 aromatic carbocycles. The number of ether oxygens (including phenoxy) is 4. The van der Waals surface area contributed by atoms with Crippen molar-refractivity contribution in [1.29, 1.82) is 0 Å². The van der Waals surface area contributed by atoms with Gasteiger partial charge in [0.15, 0.2) is 28.6 Å². The second kappa shape index (κ2) is 7.10. The molecule has 0 amide bonds. The van der Waals surface area contributed by atoms with Gasteiger partial charge in [0.2, 0.25) is 28.4 Å². The highest BCUT2D eigenvalue weighted by Gasteiger charge is 2.28. The van der Waals surface area contributed by atoms with Crippen LogP contribution in [0.4, 0.5) is 0 Å². The van der Waals surface area contributed by atoms with Crippen LogP contribution in [-0.2, 0) is 0 Å². The van der Waals surface area contributed by atoms with Gasteiger partial charge in [-0.1, -0.05) is 0 Å². The van der Waals surface area contributed by atoms with Gasteiger partial charge >= 0.3 is 0 Å². The Kier molecular flexibility index (Phi) is 4.83. The molecule has 3 aromatic rings. The highest BCUT2D eigenvalue weighted by molar-refractivity contribution is 5.96. The first-order valence-electron chi connectivity index (χ1n) is 7.97. The van der Waals surface area contributed by atoms with Crippen molar-refractivity contribution in [3.8, 4) is 51.6 Å². The van der Waals surface area contributed by atoms with Gasteiger partial charge in [0.25, 0.3) is 0 Å². The minimum Gasteiger partial charge on any atom is -0.504 e. The van der Waals surface area contributed by atoms with Gasteiger partial charge in [-0.3, -0.25) is 4.79 Å². The van der Waals surface area contributed by atoms with Crippen LogP contribution in [-0.4, -0.2) is 43.8 Å². The summed E-state index contributed by atoms with van der Waals surface area (Å²) in [4.78, 5) is 13.0. The summed E-state index contributed by atoms with van der Waals surface area (Å²) in [6.45, 7) is 0. The molecule has 0 saturated carbocycles. The molecule has 0 fully saturated rings. The zero-order valence-electron chi connectivity index (χ0n) is 15.5. The Hall–Kier alpha value is -3.75. The summed E-state index contributed by atoms with van der Waals surface area (Å²) in [5.41, 5.74) is -0.527. The molecule has 1 aromatic heterocycles. The molecule has 1 heterocycles. The van der Waals surface area contributed by atoms with Gasteiger partial charge in [0.1, 0.15) is 5.39 Å². The zero-order valence-corrected chi connectivity index (χ0v) is 15.5. The summed E-state index contributed by atoms with van der Waals surface area (Å²) in [6.07, 6.45) is 0. The number of hydrogen-bond acceptors (Lipinski definition) is 9. The molecule has 0 spiro atoms. The van der Waals surface area contributed by atoms with Crippen molar-refractivity contribution >= 4 is 11.0 Å². The first-order chi connectivity index (χ1) is 13.4. The normalized spacial score (nSPS) is 10.7. The Labute approximate surface area is 158 Å². The van der Waals surface area contributed by atoms with Crippen molar-refractivity contribution in [3.63, 3.8) is 0 Å². The molecule has 148 valence electrons. The van der Waals surface area contributed by atoms with Crippen molar-refractivity contribution in [1.82, 2.24) is 0 Å². The maximum atomic E-state index is 13.0. The molecule has 0 atom stereocenters. The smallest absolute Gasteiger partial charge is 0.239 e.